The lowest BCUT2D eigenvalue weighted by Crippen LogP contribution is -2.59. The van der Waals surface area contributed by atoms with Crippen LogP contribution in [0.3, 0.4) is 0 Å². The normalized spacial score (nSPS) is 16.8. The number of ether oxygens (including phenoxy) is 2. The van der Waals surface area contributed by atoms with Crippen molar-refractivity contribution in [2.45, 2.75) is 44.5 Å². The number of hydrogen-bond donors (Lipinski definition) is 3. The van der Waals surface area contributed by atoms with Crippen LogP contribution in [0.1, 0.15) is 31.2 Å². The molecule has 2 fully saturated rings. The van der Waals surface area contributed by atoms with E-state index in [-0.39, 0.29) is 30.9 Å². The molecule has 2 saturated heterocycles. The van der Waals surface area contributed by atoms with Crippen LogP contribution >= 0.6 is 23.2 Å². The minimum Gasteiger partial charge on any atom is -0.481 e. The highest BCUT2D eigenvalue weighted by atomic mass is 35.5. The minimum atomic E-state index is -1.11. The van der Waals surface area contributed by atoms with Gasteiger partial charge >= 0.3 is 6.09 Å². The zero-order valence-electron chi connectivity index (χ0n) is 28.6. The fraction of sp³-hybridized carbons (Fsp3) is 0.333. The summed E-state index contributed by atoms with van der Waals surface area (Å²) in [5, 5.41) is 28.3. The molecule has 0 aliphatic carbocycles. The van der Waals surface area contributed by atoms with Gasteiger partial charge in [0.2, 0.25) is 17.7 Å². The number of pyridine rings is 2. The summed E-state index contributed by atoms with van der Waals surface area (Å²) in [5.41, 5.74) is 4.15. The van der Waals surface area contributed by atoms with Gasteiger partial charge < -0.3 is 29.9 Å². The van der Waals surface area contributed by atoms with Gasteiger partial charge in [-0.3, -0.25) is 14.7 Å². The molecule has 0 saturated carbocycles. The van der Waals surface area contributed by atoms with Gasteiger partial charge in [0.25, 0.3) is 0 Å². The molecule has 4 aromatic heterocycles. The molecule has 2 aliphatic rings. The molecule has 1 atom stereocenters. The predicted octanol–water partition coefficient (Wildman–Crippen LogP) is 5.17. The average Bonchev–Trinajstić information content (AvgIpc) is 3.73. The summed E-state index contributed by atoms with van der Waals surface area (Å²) in [6.45, 7) is 3.51. The largest absolute Gasteiger partial charge is 0.481 e. The third kappa shape index (κ3) is 7.06. The Bertz CT molecular complexity index is 2190. The molecular weight excluding hydrogens is 711 g/mol. The Morgan fingerprint density at radius 3 is 2.50 bits per heavy atom. The fourth-order valence-corrected chi connectivity index (χ4v) is 7.44. The summed E-state index contributed by atoms with van der Waals surface area (Å²) in [5.74, 6) is 1.12. The lowest BCUT2D eigenvalue weighted by atomic mass is 9.97. The number of benzene rings is 1. The molecule has 0 radical (unpaired) electrons. The third-order valence-electron chi connectivity index (χ3n) is 9.18. The maximum Gasteiger partial charge on any atom is 0.407 e. The summed E-state index contributed by atoms with van der Waals surface area (Å²) < 4.78 is 12.9. The number of aromatic nitrogens is 5. The Morgan fingerprint density at radius 2 is 1.81 bits per heavy atom. The maximum atomic E-state index is 12.1. The van der Waals surface area contributed by atoms with E-state index in [1.165, 1.54) is 12.0 Å². The maximum absolute atomic E-state index is 12.1. The number of carbonyl (C=O) groups is 2. The Labute approximate surface area is 308 Å². The molecule has 1 aromatic carbocycles. The summed E-state index contributed by atoms with van der Waals surface area (Å²) >= 11 is 14.1. The molecule has 0 bridgehead atoms. The number of nitrogens with one attached hydrogen (secondary N) is 1. The van der Waals surface area contributed by atoms with Gasteiger partial charge in [0.15, 0.2) is 5.82 Å². The van der Waals surface area contributed by atoms with Gasteiger partial charge in [-0.15, -0.1) is 0 Å². The number of β-amino-alcohol motifs (C(OH)–C–C–N with tert-alkyl or cyclic N) is 1. The van der Waals surface area contributed by atoms with Gasteiger partial charge in [-0.25, -0.2) is 14.3 Å². The second-order valence-electron chi connectivity index (χ2n) is 13.3. The number of carbonyl (C=O) groups excluding carboxylic acids is 1. The first-order chi connectivity index (χ1) is 24.9. The molecule has 3 N–H and O–H groups in total. The van der Waals surface area contributed by atoms with Crippen molar-refractivity contribution < 1.29 is 29.3 Å². The quantitative estimate of drug-likeness (QED) is 0.163. The predicted molar refractivity (Wildman–Crippen MR) is 194 cm³/mol. The number of hydrogen-bond acceptors (Lipinski definition) is 10. The highest BCUT2D eigenvalue weighted by molar-refractivity contribution is 6.39. The second-order valence-corrected chi connectivity index (χ2v) is 14.0. The van der Waals surface area contributed by atoms with Crippen molar-refractivity contribution in [3.8, 4) is 45.4 Å². The van der Waals surface area contributed by atoms with Crippen LogP contribution in [-0.4, -0.2) is 102 Å². The molecule has 2 aliphatic heterocycles. The van der Waals surface area contributed by atoms with E-state index in [0.717, 1.165) is 0 Å². The van der Waals surface area contributed by atoms with Crippen LogP contribution in [0.5, 0.6) is 11.8 Å². The minimum absolute atomic E-state index is 0.0246. The van der Waals surface area contributed by atoms with Gasteiger partial charge in [-0.1, -0.05) is 41.4 Å². The standard InChI is InChI=1S/C36H36Cl2N8O6/c1-36(50)18-44(19-36)17-28-42-34(52-3)27-13-21(15-46(27)43-28)32-31(38)24(11-12-39-32)23-5-4-6-25(30(23)37)26-9-7-20(33(41-26)51-2)14-45(35(48)49)16-22-8-10-29(47)40-22/h4-7,9,11-13,15,22,50H,8,10,14,16-19H2,1-3H3,(H,40,47)(H,48,49). The molecule has 14 nitrogen and oxygen atoms in total. The molecule has 16 heteroatoms. The summed E-state index contributed by atoms with van der Waals surface area (Å²) in [6.07, 6.45) is 3.32. The van der Waals surface area contributed by atoms with Crippen molar-refractivity contribution in [3.63, 3.8) is 0 Å². The van der Waals surface area contributed by atoms with E-state index in [2.05, 4.69) is 25.3 Å². The molecule has 0 spiro atoms. The zero-order chi connectivity index (χ0) is 36.7. The van der Waals surface area contributed by atoms with E-state index >= 15 is 0 Å². The van der Waals surface area contributed by atoms with E-state index in [4.69, 9.17) is 37.7 Å². The summed E-state index contributed by atoms with van der Waals surface area (Å²) in [7, 11) is 3.02. The molecule has 52 heavy (non-hydrogen) atoms. The van der Waals surface area contributed by atoms with Crippen molar-refractivity contribution in [1.82, 2.24) is 39.7 Å². The zero-order valence-corrected chi connectivity index (χ0v) is 30.1. The number of fused-ring (bicyclic) bond motifs is 1. The van der Waals surface area contributed by atoms with Crippen LogP contribution in [0, 0.1) is 0 Å². The van der Waals surface area contributed by atoms with Crippen LogP contribution in [0.4, 0.5) is 4.79 Å². The molecule has 7 rings (SSSR count). The van der Waals surface area contributed by atoms with Crippen LogP contribution in [0.15, 0.2) is 54.9 Å². The number of aliphatic hydroxyl groups is 1. The van der Waals surface area contributed by atoms with Crippen molar-refractivity contribution in [1.29, 1.82) is 0 Å². The van der Waals surface area contributed by atoms with Crippen molar-refractivity contribution >= 4 is 40.7 Å². The van der Waals surface area contributed by atoms with Crippen molar-refractivity contribution in [2.75, 3.05) is 33.9 Å². The van der Waals surface area contributed by atoms with Crippen molar-refractivity contribution in [3.05, 3.63) is 76.3 Å². The summed E-state index contributed by atoms with van der Waals surface area (Å²) in [4.78, 5) is 40.9. The van der Waals surface area contributed by atoms with Crippen molar-refractivity contribution in [2.24, 2.45) is 0 Å². The highest BCUT2D eigenvalue weighted by Gasteiger charge is 2.37. The number of methoxy groups -OCH3 is 2. The lowest BCUT2D eigenvalue weighted by Gasteiger charge is -2.43. The third-order valence-corrected chi connectivity index (χ3v) is 9.97. The Kier molecular flexibility index (Phi) is 9.65. The van der Waals surface area contributed by atoms with Gasteiger partial charge in [-0.05, 0) is 37.6 Å². The van der Waals surface area contributed by atoms with Crippen LogP contribution in [0.2, 0.25) is 10.0 Å². The van der Waals surface area contributed by atoms with Gasteiger partial charge in [0, 0.05) is 72.3 Å². The second kappa shape index (κ2) is 14.2. The lowest BCUT2D eigenvalue weighted by molar-refractivity contribution is -0.119. The van der Waals surface area contributed by atoms with Crippen LogP contribution in [0.25, 0.3) is 39.2 Å². The first-order valence-corrected chi connectivity index (χ1v) is 17.3. The van der Waals surface area contributed by atoms with E-state index in [1.807, 2.05) is 30.5 Å². The molecule has 2 amide bonds. The van der Waals surface area contributed by atoms with Crippen LogP contribution in [-0.2, 0) is 17.9 Å². The van der Waals surface area contributed by atoms with E-state index in [9.17, 15) is 19.8 Å². The number of rotatable bonds is 11. The molecule has 1 unspecified atom stereocenters. The fourth-order valence-electron chi connectivity index (χ4n) is 6.79. The Morgan fingerprint density at radius 1 is 1.06 bits per heavy atom. The topological polar surface area (TPSA) is 168 Å². The van der Waals surface area contributed by atoms with Gasteiger partial charge in [0.05, 0.1) is 54.3 Å². The van der Waals surface area contributed by atoms with Gasteiger partial charge in [0.1, 0.15) is 5.52 Å². The number of carboxylic acid groups (broad SMARTS) is 1. The first-order valence-electron chi connectivity index (χ1n) is 16.6. The van der Waals surface area contributed by atoms with E-state index in [1.54, 1.807) is 42.9 Å². The monoisotopic (exact) mass is 746 g/mol. The number of halogens is 2. The smallest absolute Gasteiger partial charge is 0.407 e. The molecule has 5 aromatic rings. The molecular formula is C36H36Cl2N8O6. The van der Waals surface area contributed by atoms with E-state index < -0.39 is 11.7 Å². The number of likely N-dealkylation sites (tertiary alicyclic amines) is 1. The SMILES string of the molecule is COc1nc(-c2cccc(-c3ccnc(-c4cc5c(OC)nc(CN6CC(C)(O)C6)nn5c4)c3Cl)c2Cl)ccc1CN(CC1CCC(=O)N1)C(=O)O. The molecule has 6 heterocycles. The highest BCUT2D eigenvalue weighted by Crippen LogP contribution is 2.42. The Balaban J connectivity index is 1.17. The molecule has 270 valence electrons. The average molecular weight is 748 g/mol. The first kappa shape index (κ1) is 35.4. The summed E-state index contributed by atoms with van der Waals surface area (Å²) in [6, 6.07) is 12.5. The Hall–Kier alpha value is -5.02. The number of nitrogens with zero attached hydrogens (tertiary/aromatic N) is 7. The number of amides is 2. The van der Waals surface area contributed by atoms with Crippen LogP contribution < -0.4 is 14.8 Å². The van der Waals surface area contributed by atoms with Gasteiger partial charge in [-0.2, -0.15) is 10.1 Å². The van der Waals surface area contributed by atoms with E-state index in [0.29, 0.717) is 98.9 Å².